The van der Waals surface area contributed by atoms with Crippen LogP contribution in [0, 0.1) is 0 Å². The van der Waals surface area contributed by atoms with Crippen molar-refractivity contribution in [1.29, 1.82) is 0 Å². The highest BCUT2D eigenvalue weighted by molar-refractivity contribution is 6.60. The fraction of sp³-hybridized carbons (Fsp3) is 0.556. The quantitative estimate of drug-likeness (QED) is 0.624. The first-order chi connectivity index (χ1) is 5.21. The Kier molecular flexibility index (Phi) is 2.68. The van der Waals surface area contributed by atoms with E-state index in [0.29, 0.717) is 6.61 Å². The lowest BCUT2D eigenvalue weighted by molar-refractivity contribution is 0.258. The van der Waals surface area contributed by atoms with E-state index in [4.69, 9.17) is 0 Å². The second-order valence-corrected chi connectivity index (χ2v) is 6.30. The van der Waals surface area contributed by atoms with Crippen molar-refractivity contribution in [2.45, 2.75) is 24.6 Å². The molecule has 1 aliphatic carbocycles. The normalized spacial score (nSPS) is 29.8. The molecule has 0 aromatic heterocycles. The molecule has 1 N–H and O–H groups in total. The fourth-order valence-corrected chi connectivity index (χ4v) is 2.58. The third-order valence-electron chi connectivity index (χ3n) is 2.42. The van der Waals surface area contributed by atoms with Crippen LogP contribution < -0.4 is 0 Å². The van der Waals surface area contributed by atoms with Crippen molar-refractivity contribution in [3.05, 3.63) is 24.3 Å². The molecular weight excluding hydrogens is 152 g/mol. The second-order valence-electron chi connectivity index (χ2n) is 3.31. The van der Waals surface area contributed by atoms with E-state index in [1.54, 1.807) is 0 Å². The van der Waals surface area contributed by atoms with E-state index in [-0.39, 0.29) is 5.04 Å². The van der Waals surface area contributed by atoms with Gasteiger partial charge in [-0.3, -0.25) is 0 Å². The molecule has 1 nitrogen and oxygen atoms in total. The van der Waals surface area contributed by atoms with Gasteiger partial charge in [-0.05, 0) is 6.42 Å². The van der Waals surface area contributed by atoms with E-state index in [2.05, 4.69) is 37.4 Å². The molecule has 2 heteroatoms. The molecule has 61 valence electrons. The van der Waals surface area contributed by atoms with Crippen LogP contribution in [-0.4, -0.2) is 20.5 Å². The topological polar surface area (TPSA) is 20.2 Å². The number of aliphatic hydroxyl groups is 1. The van der Waals surface area contributed by atoms with Crippen LogP contribution in [0.15, 0.2) is 24.3 Å². The average molecular weight is 167 g/mol. The van der Waals surface area contributed by atoms with E-state index in [1.165, 1.54) is 0 Å². The minimum absolute atomic E-state index is 0.111. The fourth-order valence-electron chi connectivity index (χ4n) is 1.31. The van der Waals surface area contributed by atoms with Gasteiger partial charge in [0.2, 0.25) is 0 Å². The van der Waals surface area contributed by atoms with E-state index < -0.39 is 8.80 Å². The molecule has 1 atom stereocenters. The molecule has 0 saturated carbocycles. The summed E-state index contributed by atoms with van der Waals surface area (Å²) in [5, 5.41) is 9.36. The number of hydrogen-bond acceptors (Lipinski definition) is 1. The lowest BCUT2D eigenvalue weighted by atomic mass is 10.0. The Morgan fingerprint density at radius 3 is 2.45 bits per heavy atom. The minimum atomic E-state index is -0.433. The number of hydrogen-bond donors (Lipinski definition) is 1. The van der Waals surface area contributed by atoms with Crippen LogP contribution in [0.4, 0.5) is 0 Å². The van der Waals surface area contributed by atoms with Gasteiger partial charge in [-0.2, -0.15) is 0 Å². The molecule has 0 spiro atoms. The molecule has 0 heterocycles. The molecule has 0 saturated heterocycles. The summed E-state index contributed by atoms with van der Waals surface area (Å²) in [5.41, 5.74) is 0. The van der Waals surface area contributed by atoms with Gasteiger partial charge in [-0.1, -0.05) is 37.4 Å². The van der Waals surface area contributed by atoms with Crippen LogP contribution in [0.2, 0.25) is 18.1 Å². The van der Waals surface area contributed by atoms with Gasteiger partial charge in [0, 0.05) is 11.6 Å². The first kappa shape index (κ1) is 8.75. The van der Waals surface area contributed by atoms with Crippen LogP contribution in [-0.2, 0) is 0 Å². The van der Waals surface area contributed by atoms with Crippen molar-refractivity contribution in [3.63, 3.8) is 0 Å². The van der Waals surface area contributed by atoms with Gasteiger partial charge in [0.15, 0.2) is 0 Å². The maximum atomic E-state index is 9.25. The monoisotopic (exact) mass is 167 g/mol. The SMILES string of the molecule is C[Si](C)C1(CO)C=CC=CC1. The maximum Gasteiger partial charge on any atom is 0.0565 e. The zero-order valence-corrected chi connectivity index (χ0v) is 8.17. The van der Waals surface area contributed by atoms with Gasteiger partial charge in [0.25, 0.3) is 0 Å². The highest BCUT2D eigenvalue weighted by Gasteiger charge is 2.30. The van der Waals surface area contributed by atoms with Gasteiger partial charge in [-0.15, -0.1) is 0 Å². The van der Waals surface area contributed by atoms with E-state index >= 15 is 0 Å². The van der Waals surface area contributed by atoms with Crippen LogP contribution in [0.25, 0.3) is 0 Å². The first-order valence-corrected chi connectivity index (χ1v) is 6.47. The molecule has 0 bridgehead atoms. The van der Waals surface area contributed by atoms with Crippen LogP contribution >= 0.6 is 0 Å². The Bertz CT molecular complexity index is 184. The molecule has 1 radical (unpaired) electrons. The summed E-state index contributed by atoms with van der Waals surface area (Å²) in [6, 6.07) is 0. The summed E-state index contributed by atoms with van der Waals surface area (Å²) in [6.45, 7) is 4.81. The Morgan fingerprint density at radius 2 is 2.18 bits per heavy atom. The summed E-state index contributed by atoms with van der Waals surface area (Å²) in [5.74, 6) is 0. The van der Waals surface area contributed by atoms with Crippen molar-refractivity contribution in [3.8, 4) is 0 Å². The zero-order valence-electron chi connectivity index (χ0n) is 7.17. The van der Waals surface area contributed by atoms with Crippen molar-refractivity contribution in [1.82, 2.24) is 0 Å². The van der Waals surface area contributed by atoms with Crippen molar-refractivity contribution < 1.29 is 5.11 Å². The molecular formula is C9H15OSi. The Balaban J connectivity index is 2.77. The van der Waals surface area contributed by atoms with Gasteiger partial charge < -0.3 is 5.11 Å². The minimum Gasteiger partial charge on any atom is -0.396 e. The Labute approximate surface area is 70.0 Å². The van der Waals surface area contributed by atoms with Crippen LogP contribution in [0.3, 0.4) is 0 Å². The lowest BCUT2D eigenvalue weighted by Crippen LogP contribution is -2.29. The molecule has 0 amide bonds. The molecule has 11 heavy (non-hydrogen) atoms. The molecule has 0 fully saturated rings. The number of allylic oxidation sites excluding steroid dienone is 3. The largest absolute Gasteiger partial charge is 0.396 e. The van der Waals surface area contributed by atoms with Crippen molar-refractivity contribution in [2.24, 2.45) is 0 Å². The summed E-state index contributed by atoms with van der Waals surface area (Å²) >= 11 is 0. The summed E-state index contributed by atoms with van der Waals surface area (Å²) in [6.07, 6.45) is 9.44. The highest BCUT2D eigenvalue weighted by atomic mass is 28.3. The summed E-state index contributed by atoms with van der Waals surface area (Å²) < 4.78 is 0. The van der Waals surface area contributed by atoms with E-state index in [1.807, 2.05) is 0 Å². The molecule has 1 aliphatic rings. The van der Waals surface area contributed by atoms with Gasteiger partial charge in [0.05, 0.1) is 8.80 Å². The highest BCUT2D eigenvalue weighted by Crippen LogP contribution is 2.37. The standard InChI is InChI=1S/C9H15OSi/c1-11(2)9(8-10)6-4-3-5-7-9/h3-6,10H,7-8H2,1-2H3. The molecule has 0 aromatic carbocycles. The van der Waals surface area contributed by atoms with Gasteiger partial charge >= 0.3 is 0 Å². The van der Waals surface area contributed by atoms with Crippen LogP contribution in [0.5, 0.6) is 0 Å². The number of rotatable bonds is 2. The van der Waals surface area contributed by atoms with Crippen LogP contribution in [0.1, 0.15) is 6.42 Å². The first-order valence-electron chi connectivity index (χ1n) is 3.97. The van der Waals surface area contributed by atoms with Crippen molar-refractivity contribution in [2.75, 3.05) is 6.61 Å². The molecule has 0 aromatic rings. The van der Waals surface area contributed by atoms with Gasteiger partial charge in [-0.25, -0.2) is 0 Å². The maximum absolute atomic E-state index is 9.25. The second kappa shape index (κ2) is 3.37. The molecule has 1 rings (SSSR count). The zero-order chi connectivity index (χ0) is 8.32. The Hall–Kier alpha value is -0.343. The van der Waals surface area contributed by atoms with Crippen molar-refractivity contribution >= 4 is 8.80 Å². The van der Waals surface area contributed by atoms with E-state index in [0.717, 1.165) is 6.42 Å². The van der Waals surface area contributed by atoms with Gasteiger partial charge in [0.1, 0.15) is 0 Å². The summed E-state index contributed by atoms with van der Waals surface area (Å²) in [4.78, 5) is 0. The third-order valence-corrected chi connectivity index (χ3v) is 4.94. The lowest BCUT2D eigenvalue weighted by Gasteiger charge is -2.32. The summed E-state index contributed by atoms with van der Waals surface area (Å²) in [7, 11) is -0.433. The predicted molar refractivity (Wildman–Crippen MR) is 50.2 cm³/mol. The molecule has 1 unspecified atom stereocenters. The predicted octanol–water partition coefficient (Wildman–Crippen LogP) is 1.99. The third kappa shape index (κ3) is 1.63. The Morgan fingerprint density at radius 1 is 1.45 bits per heavy atom. The number of aliphatic hydroxyl groups excluding tert-OH is 1. The molecule has 0 aliphatic heterocycles. The smallest absolute Gasteiger partial charge is 0.0565 e. The average Bonchev–Trinajstić information content (AvgIpc) is 2.05. The van der Waals surface area contributed by atoms with E-state index in [9.17, 15) is 5.11 Å².